The molecule has 0 amide bonds. The third kappa shape index (κ3) is 6.14. The number of pyridine rings is 1. The smallest absolute Gasteiger partial charge is 0.252 e. The zero-order chi connectivity index (χ0) is 28.3. The van der Waals surface area contributed by atoms with Gasteiger partial charge in [-0.2, -0.15) is 0 Å². The summed E-state index contributed by atoms with van der Waals surface area (Å²) in [5.74, 6) is 2.19. The van der Waals surface area contributed by atoms with Crippen LogP contribution in [0.25, 0.3) is 10.9 Å². The molecule has 0 radical (unpaired) electrons. The Morgan fingerprint density at radius 1 is 1.03 bits per heavy atom. The van der Waals surface area contributed by atoms with Crippen LogP contribution in [0.5, 0.6) is 11.5 Å². The number of benzene rings is 2. The lowest BCUT2D eigenvalue weighted by Crippen LogP contribution is -2.36. The first-order valence-electron chi connectivity index (χ1n) is 13.4. The van der Waals surface area contributed by atoms with E-state index in [-0.39, 0.29) is 17.1 Å². The number of ether oxygens (including phenoxy) is 2. The largest absolute Gasteiger partial charge is 0.493 e. The van der Waals surface area contributed by atoms with Gasteiger partial charge in [0.1, 0.15) is 0 Å². The highest BCUT2D eigenvalue weighted by molar-refractivity contribution is 5.80. The Balaban J connectivity index is 1.73. The van der Waals surface area contributed by atoms with Crippen LogP contribution >= 0.6 is 0 Å². The Labute approximate surface area is 230 Å². The fraction of sp³-hybridized carbons (Fsp3) is 0.467. The molecular formula is C30H40N6O3. The third-order valence-electron chi connectivity index (χ3n) is 7.30. The highest BCUT2D eigenvalue weighted by Gasteiger charge is 2.29. The summed E-state index contributed by atoms with van der Waals surface area (Å²) in [6.45, 7) is 13.7. The average Bonchev–Trinajstić information content (AvgIpc) is 3.39. The average molecular weight is 533 g/mol. The van der Waals surface area contributed by atoms with Crippen LogP contribution in [0, 0.1) is 13.8 Å². The Hall–Kier alpha value is -3.72. The van der Waals surface area contributed by atoms with E-state index < -0.39 is 0 Å². The van der Waals surface area contributed by atoms with Crippen LogP contribution in [-0.2, 0) is 18.5 Å². The number of tetrazole rings is 1. The summed E-state index contributed by atoms with van der Waals surface area (Å²) in [5, 5.41) is 13.8. The SMILES string of the molecule is CC[C@@H](c1nnnn1C(C)(C)C)N(CCc1ccc(OC)c(OC)c1)Cc1cc2cc(C)c(C)cc2[nH]c1=O. The maximum atomic E-state index is 13.3. The van der Waals surface area contributed by atoms with Gasteiger partial charge >= 0.3 is 0 Å². The van der Waals surface area contributed by atoms with Crippen molar-refractivity contribution in [3.8, 4) is 11.5 Å². The van der Waals surface area contributed by atoms with Crippen molar-refractivity contribution in [1.82, 2.24) is 30.1 Å². The number of hydrogen-bond acceptors (Lipinski definition) is 7. The van der Waals surface area contributed by atoms with Crippen LogP contribution in [0.3, 0.4) is 0 Å². The third-order valence-corrected chi connectivity index (χ3v) is 7.30. The first-order chi connectivity index (χ1) is 18.5. The van der Waals surface area contributed by atoms with Crippen molar-refractivity contribution in [1.29, 1.82) is 0 Å². The lowest BCUT2D eigenvalue weighted by atomic mass is 10.0. The number of H-pyrrole nitrogens is 1. The van der Waals surface area contributed by atoms with Crippen molar-refractivity contribution >= 4 is 10.9 Å². The second-order valence-corrected chi connectivity index (χ2v) is 11.1. The molecule has 4 aromatic rings. The van der Waals surface area contributed by atoms with Gasteiger partial charge in [0.15, 0.2) is 17.3 Å². The molecule has 0 aliphatic heterocycles. The molecule has 2 heterocycles. The summed E-state index contributed by atoms with van der Waals surface area (Å²) in [7, 11) is 3.27. The molecule has 1 N–H and O–H groups in total. The van der Waals surface area contributed by atoms with Crippen molar-refractivity contribution in [3.63, 3.8) is 0 Å². The van der Waals surface area contributed by atoms with Gasteiger partial charge in [-0.1, -0.05) is 13.0 Å². The van der Waals surface area contributed by atoms with Gasteiger partial charge in [0.25, 0.3) is 5.56 Å². The van der Waals surface area contributed by atoms with Crippen molar-refractivity contribution in [2.45, 2.75) is 72.5 Å². The van der Waals surface area contributed by atoms with Gasteiger partial charge < -0.3 is 14.5 Å². The molecule has 0 aliphatic carbocycles. The fourth-order valence-electron chi connectivity index (χ4n) is 5.00. The van der Waals surface area contributed by atoms with Crippen molar-refractivity contribution in [2.24, 2.45) is 0 Å². The van der Waals surface area contributed by atoms with Crippen LogP contribution in [0.1, 0.15) is 68.2 Å². The van der Waals surface area contributed by atoms with Crippen molar-refractivity contribution < 1.29 is 9.47 Å². The zero-order valence-corrected chi connectivity index (χ0v) is 24.3. The van der Waals surface area contributed by atoms with Gasteiger partial charge in [0.05, 0.1) is 25.8 Å². The second-order valence-electron chi connectivity index (χ2n) is 11.1. The number of methoxy groups -OCH3 is 2. The van der Waals surface area contributed by atoms with Gasteiger partial charge in [-0.3, -0.25) is 9.69 Å². The molecular weight excluding hydrogens is 492 g/mol. The highest BCUT2D eigenvalue weighted by atomic mass is 16.5. The first kappa shape index (κ1) is 28.3. The highest BCUT2D eigenvalue weighted by Crippen LogP contribution is 2.30. The number of nitrogens with one attached hydrogen (secondary N) is 1. The molecule has 0 fully saturated rings. The van der Waals surface area contributed by atoms with Crippen molar-refractivity contribution in [3.05, 3.63) is 74.8 Å². The predicted molar refractivity (Wildman–Crippen MR) is 154 cm³/mol. The number of rotatable bonds is 10. The Morgan fingerprint density at radius 3 is 2.41 bits per heavy atom. The number of aromatic amines is 1. The van der Waals surface area contributed by atoms with E-state index in [4.69, 9.17) is 9.47 Å². The quantitative estimate of drug-likeness (QED) is 0.303. The number of aromatic nitrogens is 5. The second kappa shape index (κ2) is 11.6. The molecule has 4 rings (SSSR count). The van der Waals surface area contributed by atoms with Crippen molar-refractivity contribution in [2.75, 3.05) is 20.8 Å². The number of fused-ring (bicyclic) bond motifs is 1. The van der Waals surface area contributed by atoms with E-state index in [0.717, 1.165) is 40.7 Å². The lowest BCUT2D eigenvalue weighted by Gasteiger charge is -2.32. The molecule has 2 aromatic heterocycles. The number of nitrogens with zero attached hydrogens (tertiary/aromatic N) is 5. The van der Waals surface area contributed by atoms with Crippen LogP contribution in [-0.4, -0.2) is 50.9 Å². The molecule has 1 atom stereocenters. The molecule has 0 aliphatic rings. The fourth-order valence-corrected chi connectivity index (χ4v) is 5.00. The topological polar surface area (TPSA) is 98.2 Å². The number of hydrogen-bond donors (Lipinski definition) is 1. The van der Waals surface area contributed by atoms with E-state index >= 15 is 0 Å². The van der Waals surface area contributed by atoms with E-state index in [9.17, 15) is 4.79 Å². The molecule has 0 spiro atoms. The Kier molecular flexibility index (Phi) is 8.39. The van der Waals surface area contributed by atoms with Gasteiger partial charge in [-0.15, -0.1) is 5.10 Å². The van der Waals surface area contributed by atoms with Crippen LogP contribution in [0.2, 0.25) is 0 Å². The molecule has 0 bridgehead atoms. The predicted octanol–water partition coefficient (Wildman–Crippen LogP) is 5.10. The maximum absolute atomic E-state index is 13.3. The standard InChI is InChI=1S/C30H40N6O3/c1-9-25(28-32-33-34-36(28)30(4,5)6)35(13-12-21-10-11-26(38-7)27(16-21)39-8)18-23-17-22-14-19(2)20(3)15-24(22)31-29(23)37/h10-11,14-17,25H,9,12-13,18H2,1-8H3,(H,31,37)/t25-/m0/s1. The summed E-state index contributed by atoms with van der Waals surface area (Å²) in [4.78, 5) is 18.7. The van der Waals surface area contributed by atoms with Gasteiger partial charge in [-0.05, 0) is 110 Å². The molecule has 9 heteroatoms. The summed E-state index contributed by atoms with van der Waals surface area (Å²) < 4.78 is 12.8. The maximum Gasteiger partial charge on any atom is 0.252 e. The molecule has 0 saturated heterocycles. The molecule has 208 valence electrons. The van der Waals surface area contributed by atoms with Gasteiger partial charge in [0, 0.05) is 24.2 Å². The minimum Gasteiger partial charge on any atom is -0.493 e. The van der Waals surface area contributed by atoms with Crippen LogP contribution in [0.15, 0.2) is 41.2 Å². The van der Waals surface area contributed by atoms with Crippen LogP contribution in [0.4, 0.5) is 0 Å². The van der Waals surface area contributed by atoms with E-state index in [1.807, 2.05) is 35.0 Å². The van der Waals surface area contributed by atoms with E-state index in [1.165, 1.54) is 5.56 Å². The van der Waals surface area contributed by atoms with E-state index in [2.05, 4.69) is 73.0 Å². The normalized spacial score (nSPS) is 12.7. The Bertz CT molecular complexity index is 1500. The molecule has 9 nitrogen and oxygen atoms in total. The summed E-state index contributed by atoms with van der Waals surface area (Å²) in [6, 6.07) is 12.1. The molecule has 0 unspecified atom stereocenters. The molecule has 2 aromatic carbocycles. The molecule has 39 heavy (non-hydrogen) atoms. The van der Waals surface area contributed by atoms with Gasteiger partial charge in [-0.25, -0.2) is 4.68 Å². The van der Waals surface area contributed by atoms with Gasteiger partial charge in [0.2, 0.25) is 0 Å². The zero-order valence-electron chi connectivity index (χ0n) is 24.3. The summed E-state index contributed by atoms with van der Waals surface area (Å²) >= 11 is 0. The number of aryl methyl sites for hydroxylation is 2. The monoisotopic (exact) mass is 532 g/mol. The Morgan fingerprint density at radius 2 is 1.74 bits per heavy atom. The molecule has 0 saturated carbocycles. The minimum absolute atomic E-state index is 0.0767. The minimum atomic E-state index is -0.281. The van der Waals surface area contributed by atoms with E-state index in [1.54, 1.807) is 14.2 Å². The van der Waals surface area contributed by atoms with E-state index in [0.29, 0.717) is 30.2 Å². The summed E-state index contributed by atoms with van der Waals surface area (Å²) in [6.07, 6.45) is 1.53. The first-order valence-corrected chi connectivity index (χ1v) is 13.4. The lowest BCUT2D eigenvalue weighted by molar-refractivity contribution is 0.163. The van der Waals surface area contributed by atoms with Crippen LogP contribution < -0.4 is 15.0 Å². The summed E-state index contributed by atoms with van der Waals surface area (Å²) in [5.41, 5.74) is 4.67.